The number of hydrogen-bond acceptors (Lipinski definition) is 3. The summed E-state index contributed by atoms with van der Waals surface area (Å²) in [5.74, 6) is 0.00450. The molecule has 0 atom stereocenters. The highest BCUT2D eigenvalue weighted by Crippen LogP contribution is 2.21. The summed E-state index contributed by atoms with van der Waals surface area (Å²) in [4.78, 5) is 12.2. The predicted octanol–water partition coefficient (Wildman–Crippen LogP) is 2.25. The molecule has 0 aliphatic rings. The van der Waals surface area contributed by atoms with E-state index in [-0.39, 0.29) is 11.7 Å². The molecule has 5 nitrogen and oxygen atoms in total. The fourth-order valence-electron chi connectivity index (χ4n) is 1.96. The molecule has 0 aliphatic heterocycles. The summed E-state index contributed by atoms with van der Waals surface area (Å²) >= 11 is 0. The Morgan fingerprint density at radius 3 is 2.84 bits per heavy atom. The average molecular weight is 259 g/mol. The van der Waals surface area contributed by atoms with Crippen molar-refractivity contribution in [1.29, 1.82) is 0 Å². The number of anilines is 1. The SMILES string of the molecule is CCc1nn(C)cc1C(=O)Nc1ccc(O)cc1C. The summed E-state index contributed by atoms with van der Waals surface area (Å²) in [5, 5.41) is 16.4. The summed E-state index contributed by atoms with van der Waals surface area (Å²) in [5.41, 5.74) is 2.86. The van der Waals surface area contributed by atoms with E-state index in [1.807, 2.05) is 13.8 Å². The first-order valence-electron chi connectivity index (χ1n) is 6.14. The Kier molecular flexibility index (Phi) is 3.55. The van der Waals surface area contributed by atoms with E-state index in [2.05, 4.69) is 10.4 Å². The molecule has 0 radical (unpaired) electrons. The Balaban J connectivity index is 2.25. The van der Waals surface area contributed by atoms with Crippen LogP contribution in [0.1, 0.15) is 28.5 Å². The van der Waals surface area contributed by atoms with Crippen LogP contribution >= 0.6 is 0 Å². The van der Waals surface area contributed by atoms with Crippen molar-refractivity contribution in [3.63, 3.8) is 0 Å². The molecule has 0 aliphatic carbocycles. The van der Waals surface area contributed by atoms with Crippen molar-refractivity contribution in [3.8, 4) is 5.75 Å². The van der Waals surface area contributed by atoms with E-state index in [1.165, 1.54) is 0 Å². The molecule has 2 N–H and O–H groups in total. The summed E-state index contributed by atoms with van der Waals surface area (Å²) < 4.78 is 1.64. The second-order valence-corrected chi connectivity index (χ2v) is 4.47. The first-order valence-corrected chi connectivity index (χ1v) is 6.14. The van der Waals surface area contributed by atoms with Crippen LogP contribution in [0.2, 0.25) is 0 Å². The minimum Gasteiger partial charge on any atom is -0.508 e. The fourth-order valence-corrected chi connectivity index (χ4v) is 1.96. The topological polar surface area (TPSA) is 67.2 Å². The average Bonchev–Trinajstić information content (AvgIpc) is 2.74. The van der Waals surface area contributed by atoms with E-state index in [9.17, 15) is 9.90 Å². The molecule has 19 heavy (non-hydrogen) atoms. The molecule has 1 aromatic carbocycles. The molecule has 1 aromatic heterocycles. The third-order valence-corrected chi connectivity index (χ3v) is 2.94. The zero-order chi connectivity index (χ0) is 14.0. The van der Waals surface area contributed by atoms with Crippen molar-refractivity contribution in [3.05, 3.63) is 41.2 Å². The largest absolute Gasteiger partial charge is 0.508 e. The van der Waals surface area contributed by atoms with Gasteiger partial charge < -0.3 is 10.4 Å². The van der Waals surface area contributed by atoms with Crippen molar-refractivity contribution in [1.82, 2.24) is 9.78 Å². The van der Waals surface area contributed by atoms with Gasteiger partial charge in [0, 0.05) is 18.9 Å². The number of nitrogens with zero attached hydrogens (tertiary/aromatic N) is 2. The fraction of sp³-hybridized carbons (Fsp3) is 0.286. The molecule has 0 spiro atoms. The molecular formula is C14H17N3O2. The number of phenolic OH excluding ortho intramolecular Hbond substituents is 1. The predicted molar refractivity (Wildman–Crippen MR) is 73.4 cm³/mol. The zero-order valence-electron chi connectivity index (χ0n) is 11.3. The van der Waals surface area contributed by atoms with Crippen LogP contribution in [0.15, 0.2) is 24.4 Å². The Bertz CT molecular complexity index is 617. The number of nitrogens with one attached hydrogen (secondary N) is 1. The van der Waals surface area contributed by atoms with Crippen LogP contribution in [0.5, 0.6) is 5.75 Å². The van der Waals surface area contributed by atoms with Crippen molar-refractivity contribution in [2.24, 2.45) is 7.05 Å². The molecule has 100 valence electrons. The normalized spacial score (nSPS) is 10.5. The quantitative estimate of drug-likeness (QED) is 0.831. The van der Waals surface area contributed by atoms with Crippen molar-refractivity contribution in [2.75, 3.05) is 5.32 Å². The van der Waals surface area contributed by atoms with Gasteiger partial charge in [-0.05, 0) is 37.1 Å². The molecule has 0 unspecified atom stereocenters. The van der Waals surface area contributed by atoms with E-state index < -0.39 is 0 Å². The Labute approximate surface area is 111 Å². The van der Waals surface area contributed by atoms with E-state index in [4.69, 9.17) is 0 Å². The lowest BCUT2D eigenvalue weighted by atomic mass is 10.1. The maximum Gasteiger partial charge on any atom is 0.259 e. The van der Waals surface area contributed by atoms with E-state index in [0.717, 1.165) is 11.3 Å². The van der Waals surface area contributed by atoms with Gasteiger partial charge >= 0.3 is 0 Å². The minimum absolute atomic E-state index is 0.182. The lowest BCUT2D eigenvalue weighted by Crippen LogP contribution is -2.13. The zero-order valence-corrected chi connectivity index (χ0v) is 11.3. The second kappa shape index (κ2) is 5.14. The van der Waals surface area contributed by atoms with Crippen LogP contribution in [-0.2, 0) is 13.5 Å². The lowest BCUT2D eigenvalue weighted by molar-refractivity contribution is 0.102. The molecule has 0 fully saturated rings. The number of rotatable bonds is 3. The molecule has 2 rings (SSSR count). The molecule has 0 saturated carbocycles. The monoisotopic (exact) mass is 259 g/mol. The highest BCUT2D eigenvalue weighted by molar-refractivity contribution is 6.05. The third kappa shape index (κ3) is 2.76. The molecular weight excluding hydrogens is 242 g/mol. The molecule has 5 heteroatoms. The van der Waals surface area contributed by atoms with Crippen LogP contribution in [0.4, 0.5) is 5.69 Å². The van der Waals surface area contributed by atoms with Gasteiger partial charge in [0.15, 0.2) is 0 Å². The van der Waals surface area contributed by atoms with Gasteiger partial charge in [-0.25, -0.2) is 0 Å². The minimum atomic E-state index is -0.182. The number of benzene rings is 1. The van der Waals surface area contributed by atoms with Gasteiger partial charge in [-0.3, -0.25) is 9.48 Å². The standard InChI is InChI=1S/C14H17N3O2/c1-4-12-11(8-17(3)16-12)14(19)15-13-6-5-10(18)7-9(13)2/h5-8,18H,4H2,1-3H3,(H,15,19). The van der Waals surface area contributed by atoms with Gasteiger partial charge in [-0.1, -0.05) is 6.92 Å². The number of aromatic nitrogens is 2. The van der Waals surface area contributed by atoms with Gasteiger partial charge in [0.1, 0.15) is 5.75 Å². The van der Waals surface area contributed by atoms with Crippen molar-refractivity contribution >= 4 is 11.6 Å². The maximum absolute atomic E-state index is 12.2. The van der Waals surface area contributed by atoms with Crippen molar-refractivity contribution < 1.29 is 9.90 Å². The Morgan fingerprint density at radius 1 is 1.47 bits per heavy atom. The van der Waals surface area contributed by atoms with Crippen molar-refractivity contribution in [2.45, 2.75) is 20.3 Å². The van der Waals surface area contributed by atoms with Gasteiger partial charge in [0.05, 0.1) is 11.3 Å². The first kappa shape index (κ1) is 13.1. The number of amides is 1. The second-order valence-electron chi connectivity index (χ2n) is 4.47. The summed E-state index contributed by atoms with van der Waals surface area (Å²) in [7, 11) is 1.79. The van der Waals surface area contributed by atoms with Gasteiger partial charge in [0.25, 0.3) is 5.91 Å². The first-order chi connectivity index (χ1) is 9.01. The summed E-state index contributed by atoms with van der Waals surface area (Å²) in [6.45, 7) is 3.80. The molecule has 1 amide bonds. The number of carbonyl (C=O) groups excluding carboxylic acids is 1. The van der Waals surface area contributed by atoms with E-state index in [1.54, 1.807) is 36.1 Å². The number of phenols is 1. The van der Waals surface area contributed by atoms with Crippen LogP contribution in [0.3, 0.4) is 0 Å². The molecule has 1 heterocycles. The van der Waals surface area contributed by atoms with Gasteiger partial charge in [-0.15, -0.1) is 0 Å². The van der Waals surface area contributed by atoms with E-state index >= 15 is 0 Å². The smallest absolute Gasteiger partial charge is 0.259 e. The maximum atomic E-state index is 12.2. The Morgan fingerprint density at radius 2 is 2.21 bits per heavy atom. The number of aryl methyl sites for hydroxylation is 3. The number of hydrogen-bond donors (Lipinski definition) is 2. The van der Waals surface area contributed by atoms with Crippen LogP contribution in [-0.4, -0.2) is 20.8 Å². The summed E-state index contributed by atoms with van der Waals surface area (Å²) in [6, 6.07) is 4.84. The summed E-state index contributed by atoms with van der Waals surface area (Å²) in [6.07, 6.45) is 2.42. The van der Waals surface area contributed by atoms with Crippen LogP contribution < -0.4 is 5.32 Å². The highest BCUT2D eigenvalue weighted by atomic mass is 16.3. The molecule has 2 aromatic rings. The van der Waals surface area contributed by atoms with E-state index in [0.29, 0.717) is 17.7 Å². The highest BCUT2D eigenvalue weighted by Gasteiger charge is 2.15. The lowest BCUT2D eigenvalue weighted by Gasteiger charge is -2.08. The third-order valence-electron chi connectivity index (χ3n) is 2.94. The number of aromatic hydroxyl groups is 1. The number of carbonyl (C=O) groups is 1. The van der Waals surface area contributed by atoms with Gasteiger partial charge in [0.2, 0.25) is 0 Å². The Hall–Kier alpha value is -2.30. The molecule has 0 saturated heterocycles. The molecule has 0 bridgehead atoms. The van der Waals surface area contributed by atoms with Gasteiger partial charge in [-0.2, -0.15) is 5.10 Å². The van der Waals surface area contributed by atoms with Crippen LogP contribution in [0.25, 0.3) is 0 Å². The van der Waals surface area contributed by atoms with Crippen LogP contribution in [0, 0.1) is 6.92 Å².